The summed E-state index contributed by atoms with van der Waals surface area (Å²) in [5, 5.41) is 2.78. The smallest absolute Gasteiger partial charge is 0.323 e. The topological polar surface area (TPSA) is 89.7 Å². The normalized spacial score (nSPS) is 14.3. The van der Waals surface area contributed by atoms with Gasteiger partial charge in [-0.25, -0.2) is 9.78 Å². The maximum atomic E-state index is 12.2. The Labute approximate surface area is 140 Å². The minimum atomic E-state index is -0.188. The summed E-state index contributed by atoms with van der Waals surface area (Å²) >= 11 is 0. The molecule has 2 amide bonds. The molecule has 7 nitrogen and oxygen atoms in total. The van der Waals surface area contributed by atoms with Crippen molar-refractivity contribution < 1.29 is 14.3 Å². The minimum Gasteiger partial charge on any atom is -0.457 e. The third-order valence-electron chi connectivity index (χ3n) is 3.69. The molecule has 0 saturated carbocycles. The number of nitrogens with zero attached hydrogens (tertiary/aromatic N) is 2. The van der Waals surface area contributed by atoms with Crippen LogP contribution >= 0.6 is 0 Å². The van der Waals surface area contributed by atoms with E-state index in [2.05, 4.69) is 10.3 Å². The van der Waals surface area contributed by atoms with Crippen LogP contribution in [0, 0.1) is 6.92 Å². The van der Waals surface area contributed by atoms with Gasteiger partial charge in [-0.15, -0.1) is 0 Å². The molecule has 1 aromatic carbocycles. The first kappa shape index (κ1) is 16.1. The molecule has 0 atom stereocenters. The number of hydrogen-bond donors (Lipinski definition) is 2. The Balaban J connectivity index is 1.68. The molecule has 1 aromatic heterocycles. The molecule has 126 valence electrons. The second-order valence-corrected chi connectivity index (χ2v) is 5.53. The van der Waals surface area contributed by atoms with E-state index < -0.39 is 0 Å². The zero-order chi connectivity index (χ0) is 16.9. The van der Waals surface area contributed by atoms with E-state index in [0.717, 1.165) is 5.56 Å². The monoisotopic (exact) mass is 328 g/mol. The number of nitrogens with two attached hydrogens (primary N) is 1. The van der Waals surface area contributed by atoms with E-state index in [-0.39, 0.29) is 6.03 Å². The summed E-state index contributed by atoms with van der Waals surface area (Å²) in [6.45, 7) is 4.19. The number of nitrogen functional groups attached to an aromatic ring is 1. The Bertz CT molecular complexity index is 730. The molecule has 2 aromatic rings. The van der Waals surface area contributed by atoms with E-state index >= 15 is 0 Å². The van der Waals surface area contributed by atoms with E-state index in [1.54, 1.807) is 29.3 Å². The van der Waals surface area contributed by atoms with Crippen LogP contribution in [0.4, 0.5) is 16.3 Å². The Kier molecular flexibility index (Phi) is 4.81. The first-order valence-corrected chi connectivity index (χ1v) is 7.75. The Hall–Kier alpha value is -2.80. The van der Waals surface area contributed by atoms with Gasteiger partial charge in [-0.05, 0) is 36.8 Å². The molecule has 0 spiro atoms. The molecular formula is C17H20N4O3. The van der Waals surface area contributed by atoms with Crippen LogP contribution < -0.4 is 15.8 Å². The number of carbonyl (C=O) groups excluding carboxylic acids is 1. The predicted octanol–water partition coefficient (Wildman–Crippen LogP) is 2.63. The summed E-state index contributed by atoms with van der Waals surface area (Å²) in [6, 6.07) is 8.68. The fraction of sp³-hybridized carbons (Fsp3) is 0.294. The highest BCUT2D eigenvalue weighted by Gasteiger charge is 2.17. The first-order chi connectivity index (χ1) is 11.6. The maximum Gasteiger partial charge on any atom is 0.323 e. The number of aromatic nitrogens is 1. The van der Waals surface area contributed by atoms with E-state index in [1.165, 1.54) is 0 Å². The number of urea groups is 1. The van der Waals surface area contributed by atoms with Gasteiger partial charge in [0.1, 0.15) is 17.3 Å². The van der Waals surface area contributed by atoms with Gasteiger partial charge in [-0.2, -0.15) is 0 Å². The third-order valence-corrected chi connectivity index (χ3v) is 3.69. The van der Waals surface area contributed by atoms with Crippen molar-refractivity contribution in [1.29, 1.82) is 0 Å². The SMILES string of the molecule is Cc1cc(N)ccc1Oc1ccnc(NC(=O)N2CCOCC2)c1. The second kappa shape index (κ2) is 7.18. The number of ether oxygens (including phenoxy) is 2. The van der Waals surface area contributed by atoms with Gasteiger partial charge in [0.15, 0.2) is 0 Å². The lowest BCUT2D eigenvalue weighted by Crippen LogP contribution is -2.43. The first-order valence-electron chi connectivity index (χ1n) is 7.75. The molecule has 0 bridgehead atoms. The standard InChI is InChI=1S/C17H20N4O3/c1-12-10-13(18)2-3-15(12)24-14-4-5-19-16(11-14)20-17(22)21-6-8-23-9-7-21/h2-5,10-11H,6-9,18H2,1H3,(H,19,20,22). The number of hydrogen-bond acceptors (Lipinski definition) is 5. The molecule has 0 radical (unpaired) electrons. The van der Waals surface area contributed by atoms with Crippen LogP contribution in [0.25, 0.3) is 0 Å². The van der Waals surface area contributed by atoms with Gasteiger partial charge >= 0.3 is 6.03 Å². The summed E-state index contributed by atoms with van der Waals surface area (Å²) in [5.41, 5.74) is 7.37. The fourth-order valence-electron chi connectivity index (χ4n) is 2.41. The number of nitrogens with one attached hydrogen (secondary N) is 1. The highest BCUT2D eigenvalue weighted by Crippen LogP contribution is 2.27. The van der Waals surface area contributed by atoms with Crippen molar-refractivity contribution in [2.75, 3.05) is 37.4 Å². The molecular weight excluding hydrogens is 308 g/mol. The number of amides is 2. The van der Waals surface area contributed by atoms with Gasteiger partial charge in [-0.3, -0.25) is 5.32 Å². The van der Waals surface area contributed by atoms with Gasteiger partial charge in [0.2, 0.25) is 0 Å². The minimum absolute atomic E-state index is 0.188. The van der Waals surface area contributed by atoms with Crippen LogP contribution in [0.2, 0.25) is 0 Å². The molecule has 0 unspecified atom stereocenters. The number of pyridine rings is 1. The molecule has 2 heterocycles. The zero-order valence-electron chi connectivity index (χ0n) is 13.5. The lowest BCUT2D eigenvalue weighted by molar-refractivity contribution is 0.0564. The number of rotatable bonds is 3. The molecule has 7 heteroatoms. The van der Waals surface area contributed by atoms with Crippen molar-refractivity contribution >= 4 is 17.5 Å². The zero-order valence-corrected chi connectivity index (χ0v) is 13.5. The quantitative estimate of drug-likeness (QED) is 0.845. The van der Waals surface area contributed by atoms with Gasteiger partial charge in [0.25, 0.3) is 0 Å². The van der Waals surface area contributed by atoms with E-state index in [9.17, 15) is 4.79 Å². The van der Waals surface area contributed by atoms with E-state index in [4.69, 9.17) is 15.2 Å². The van der Waals surface area contributed by atoms with Crippen molar-refractivity contribution in [3.8, 4) is 11.5 Å². The largest absolute Gasteiger partial charge is 0.457 e. The summed E-state index contributed by atoms with van der Waals surface area (Å²) in [4.78, 5) is 18.1. The van der Waals surface area contributed by atoms with E-state index in [0.29, 0.717) is 49.3 Å². The van der Waals surface area contributed by atoms with Crippen LogP contribution in [0.5, 0.6) is 11.5 Å². The molecule has 1 aliphatic heterocycles. The number of carbonyl (C=O) groups is 1. The van der Waals surface area contributed by atoms with Gasteiger partial charge in [0, 0.05) is 31.0 Å². The average molecular weight is 328 g/mol. The van der Waals surface area contributed by atoms with Gasteiger partial charge in [-0.1, -0.05) is 0 Å². The van der Waals surface area contributed by atoms with Crippen molar-refractivity contribution in [3.63, 3.8) is 0 Å². The second-order valence-electron chi connectivity index (χ2n) is 5.53. The number of anilines is 2. The molecule has 3 N–H and O–H groups in total. The molecule has 1 saturated heterocycles. The lowest BCUT2D eigenvalue weighted by Gasteiger charge is -2.26. The van der Waals surface area contributed by atoms with Crippen molar-refractivity contribution in [1.82, 2.24) is 9.88 Å². The van der Waals surface area contributed by atoms with Crippen LogP contribution in [0.3, 0.4) is 0 Å². The van der Waals surface area contributed by atoms with E-state index in [1.807, 2.05) is 19.1 Å². The number of morpholine rings is 1. The summed E-state index contributed by atoms with van der Waals surface area (Å²) in [5.74, 6) is 1.74. The Morgan fingerprint density at radius 3 is 2.83 bits per heavy atom. The van der Waals surface area contributed by atoms with Gasteiger partial charge < -0.3 is 20.1 Å². The Morgan fingerprint density at radius 1 is 1.29 bits per heavy atom. The van der Waals surface area contributed by atoms with Crippen LogP contribution in [0.15, 0.2) is 36.5 Å². The van der Waals surface area contributed by atoms with Crippen LogP contribution in [-0.4, -0.2) is 42.2 Å². The molecule has 1 aliphatic rings. The fourth-order valence-corrected chi connectivity index (χ4v) is 2.41. The summed E-state index contributed by atoms with van der Waals surface area (Å²) in [7, 11) is 0. The molecule has 1 fully saturated rings. The third kappa shape index (κ3) is 3.94. The Morgan fingerprint density at radius 2 is 2.08 bits per heavy atom. The highest BCUT2D eigenvalue weighted by atomic mass is 16.5. The lowest BCUT2D eigenvalue weighted by atomic mass is 10.2. The van der Waals surface area contributed by atoms with Crippen molar-refractivity contribution in [2.24, 2.45) is 0 Å². The van der Waals surface area contributed by atoms with Crippen LogP contribution in [0.1, 0.15) is 5.56 Å². The summed E-state index contributed by atoms with van der Waals surface area (Å²) < 4.78 is 11.1. The predicted molar refractivity (Wildman–Crippen MR) is 91.3 cm³/mol. The number of aryl methyl sites for hydroxylation is 1. The molecule has 0 aliphatic carbocycles. The van der Waals surface area contributed by atoms with Crippen LogP contribution in [-0.2, 0) is 4.74 Å². The van der Waals surface area contributed by atoms with Crippen molar-refractivity contribution in [2.45, 2.75) is 6.92 Å². The van der Waals surface area contributed by atoms with Crippen molar-refractivity contribution in [3.05, 3.63) is 42.1 Å². The molecule has 24 heavy (non-hydrogen) atoms. The summed E-state index contributed by atoms with van der Waals surface area (Å²) in [6.07, 6.45) is 1.59. The number of benzene rings is 1. The highest BCUT2D eigenvalue weighted by molar-refractivity contribution is 5.88. The molecule has 3 rings (SSSR count). The maximum absolute atomic E-state index is 12.2. The average Bonchev–Trinajstić information content (AvgIpc) is 2.58. The van der Waals surface area contributed by atoms with Gasteiger partial charge in [0.05, 0.1) is 13.2 Å².